The largest absolute Gasteiger partial charge is 0.480 e. The summed E-state index contributed by atoms with van der Waals surface area (Å²) in [5.74, 6) is -6.89. The number of ether oxygens (including phenoxy) is 1. The number of benzene rings is 1. The molecule has 0 radical (unpaired) electrons. The Hall–Kier alpha value is -3.34. The second kappa shape index (κ2) is 7.95. The summed E-state index contributed by atoms with van der Waals surface area (Å²) in [6.07, 6.45) is 0. The number of carboxylic acids is 2. The number of amides is 2. The van der Waals surface area contributed by atoms with Gasteiger partial charge >= 0.3 is 17.9 Å². The van der Waals surface area contributed by atoms with Gasteiger partial charge in [0.1, 0.15) is 17.1 Å². The Morgan fingerprint density at radius 3 is 2.41 bits per heavy atom. The van der Waals surface area contributed by atoms with Crippen LogP contribution in [-0.2, 0) is 28.7 Å². The number of carbonyl (C=O) groups is 5. The molecular weight excluding hydrogens is 404 g/mol. The molecule has 2 aliphatic rings. The van der Waals surface area contributed by atoms with Gasteiger partial charge in [-0.25, -0.2) is 9.59 Å². The first-order valence-electron chi connectivity index (χ1n) is 8.35. The molecule has 2 unspecified atom stereocenters. The molecule has 29 heavy (non-hydrogen) atoms. The number of nitrogens with zero attached hydrogens (tertiary/aromatic N) is 1. The molecule has 0 saturated carbocycles. The topological polar surface area (TPSA) is 150 Å². The Labute approximate surface area is 168 Å². The first-order chi connectivity index (χ1) is 13.8. The highest BCUT2D eigenvalue weighted by Crippen LogP contribution is 2.40. The van der Waals surface area contributed by atoms with Gasteiger partial charge in [0.05, 0.1) is 12.7 Å². The number of fused-ring (bicyclic) bond motifs is 1. The number of esters is 1. The minimum atomic E-state index is -1.52. The molecule has 3 N–H and O–H groups in total. The number of nitrogens with one attached hydrogen (secondary N) is 1. The second-order valence-electron chi connectivity index (χ2n) is 6.20. The number of methoxy groups -OCH3 is 1. The van der Waals surface area contributed by atoms with Gasteiger partial charge in [-0.15, -0.1) is 11.8 Å². The van der Waals surface area contributed by atoms with E-state index in [0.717, 1.165) is 23.8 Å². The lowest BCUT2D eigenvalue weighted by Gasteiger charge is -2.49. The number of thioether (sulfide) groups is 1. The van der Waals surface area contributed by atoms with Crippen molar-refractivity contribution in [1.82, 2.24) is 10.2 Å². The van der Waals surface area contributed by atoms with Crippen LogP contribution in [0.3, 0.4) is 0 Å². The van der Waals surface area contributed by atoms with E-state index in [2.05, 4.69) is 10.1 Å². The number of β-lactam (4-membered cyclic amide) rings is 1. The number of carboxylic acid groups (broad SMARTS) is 2. The van der Waals surface area contributed by atoms with Crippen molar-refractivity contribution in [2.24, 2.45) is 0 Å². The Kier molecular flexibility index (Phi) is 5.59. The SMILES string of the molecule is COC(=O)C1=C(C(=O)O)N2C(=O)C(NC(=O)C(C(=O)O)c3ccccc3)[C@@H]2SC1. The van der Waals surface area contributed by atoms with Crippen molar-refractivity contribution >= 4 is 41.5 Å². The predicted octanol–water partition coefficient (Wildman–Crippen LogP) is -0.234. The maximum atomic E-state index is 12.6. The summed E-state index contributed by atoms with van der Waals surface area (Å²) in [5.41, 5.74) is -0.405. The lowest BCUT2D eigenvalue weighted by Crippen LogP contribution is -2.71. The first-order valence-corrected chi connectivity index (χ1v) is 9.40. The Balaban J connectivity index is 1.82. The first kappa shape index (κ1) is 20.4. The third-order valence-electron chi connectivity index (χ3n) is 4.54. The van der Waals surface area contributed by atoms with Crippen LogP contribution in [0.25, 0.3) is 0 Å². The maximum Gasteiger partial charge on any atom is 0.353 e. The maximum absolute atomic E-state index is 12.6. The van der Waals surface area contributed by atoms with Gasteiger partial charge in [-0.1, -0.05) is 30.3 Å². The Bertz CT molecular complexity index is 929. The van der Waals surface area contributed by atoms with E-state index in [1.165, 1.54) is 12.1 Å². The lowest BCUT2D eigenvalue weighted by atomic mass is 9.96. The number of rotatable bonds is 6. The number of hydrogen-bond donors (Lipinski definition) is 3. The van der Waals surface area contributed by atoms with Gasteiger partial charge < -0.3 is 20.3 Å². The zero-order valence-corrected chi connectivity index (χ0v) is 15.8. The number of carbonyl (C=O) groups excluding carboxylic acids is 3. The van der Waals surface area contributed by atoms with Gasteiger partial charge in [-0.3, -0.25) is 19.3 Å². The normalized spacial score (nSPS) is 21.6. The fourth-order valence-corrected chi connectivity index (χ4v) is 4.51. The lowest BCUT2D eigenvalue weighted by molar-refractivity contribution is -0.152. The molecule has 2 amide bonds. The summed E-state index contributed by atoms with van der Waals surface area (Å²) in [5, 5.41) is 20.5. The minimum absolute atomic E-state index is 0.0316. The fraction of sp³-hybridized carbons (Fsp3) is 0.278. The van der Waals surface area contributed by atoms with Crippen molar-refractivity contribution in [1.29, 1.82) is 0 Å². The molecule has 0 aliphatic carbocycles. The zero-order valence-electron chi connectivity index (χ0n) is 15.0. The van der Waals surface area contributed by atoms with Crippen LogP contribution in [0.2, 0.25) is 0 Å². The number of hydrogen-bond acceptors (Lipinski definition) is 7. The highest BCUT2D eigenvalue weighted by molar-refractivity contribution is 8.00. The van der Waals surface area contributed by atoms with E-state index >= 15 is 0 Å². The van der Waals surface area contributed by atoms with Gasteiger partial charge in [0, 0.05) is 5.75 Å². The van der Waals surface area contributed by atoms with Gasteiger partial charge in [0.2, 0.25) is 5.91 Å². The van der Waals surface area contributed by atoms with Crippen LogP contribution in [0.4, 0.5) is 0 Å². The molecule has 1 saturated heterocycles. The van der Waals surface area contributed by atoms with E-state index in [0.29, 0.717) is 0 Å². The Morgan fingerprint density at radius 2 is 1.86 bits per heavy atom. The summed E-state index contributed by atoms with van der Waals surface area (Å²) < 4.78 is 4.56. The van der Waals surface area contributed by atoms with Gasteiger partial charge in [0.25, 0.3) is 5.91 Å². The molecule has 0 spiro atoms. The minimum Gasteiger partial charge on any atom is -0.480 e. The molecule has 1 aromatic rings. The summed E-state index contributed by atoms with van der Waals surface area (Å²) in [6, 6.07) is 6.71. The van der Waals surface area contributed by atoms with E-state index in [-0.39, 0.29) is 16.9 Å². The summed E-state index contributed by atoms with van der Waals surface area (Å²) in [6.45, 7) is 0. The molecule has 10 nitrogen and oxygen atoms in total. The quantitative estimate of drug-likeness (QED) is 0.322. The van der Waals surface area contributed by atoms with Crippen LogP contribution in [0, 0.1) is 0 Å². The molecule has 11 heteroatoms. The average molecular weight is 420 g/mol. The molecule has 3 rings (SSSR count). The smallest absolute Gasteiger partial charge is 0.353 e. The van der Waals surface area contributed by atoms with Crippen molar-refractivity contribution < 1.29 is 38.9 Å². The molecule has 2 heterocycles. The molecule has 3 atom stereocenters. The van der Waals surface area contributed by atoms with Gasteiger partial charge in [-0.05, 0) is 5.56 Å². The van der Waals surface area contributed by atoms with Crippen LogP contribution in [0.15, 0.2) is 41.6 Å². The van der Waals surface area contributed by atoms with Crippen LogP contribution in [0.1, 0.15) is 11.5 Å². The standard InChI is InChI=1S/C18H16N2O8S/c1-28-18(27)9-7-29-15-11(14(22)20(15)12(9)17(25)26)19-13(21)10(16(23)24)8-5-3-2-4-6-8/h2-6,10-11,15H,7H2,1H3,(H,19,21)(H,23,24)(H,25,26)/t10?,11?,15-/m0/s1. The second-order valence-corrected chi connectivity index (χ2v) is 7.31. The van der Waals surface area contributed by atoms with Crippen LogP contribution in [0.5, 0.6) is 0 Å². The summed E-state index contributed by atoms with van der Waals surface area (Å²) >= 11 is 1.08. The highest BCUT2D eigenvalue weighted by atomic mass is 32.2. The molecular formula is C18H16N2O8S. The van der Waals surface area contributed by atoms with Crippen LogP contribution < -0.4 is 5.32 Å². The highest BCUT2D eigenvalue weighted by Gasteiger charge is 2.55. The van der Waals surface area contributed by atoms with E-state index < -0.39 is 52.8 Å². The monoisotopic (exact) mass is 420 g/mol. The Morgan fingerprint density at radius 1 is 1.21 bits per heavy atom. The molecule has 152 valence electrons. The summed E-state index contributed by atoms with van der Waals surface area (Å²) in [4.78, 5) is 61.0. The van der Waals surface area contributed by atoms with Crippen molar-refractivity contribution in [3.8, 4) is 0 Å². The fourth-order valence-electron chi connectivity index (χ4n) is 3.19. The predicted molar refractivity (Wildman–Crippen MR) is 98.5 cm³/mol. The molecule has 0 bridgehead atoms. The van der Waals surface area contributed by atoms with E-state index in [4.69, 9.17) is 0 Å². The van der Waals surface area contributed by atoms with E-state index in [1.807, 2.05) is 0 Å². The zero-order chi connectivity index (χ0) is 21.3. The molecule has 0 aromatic heterocycles. The van der Waals surface area contributed by atoms with Crippen molar-refractivity contribution in [2.45, 2.75) is 17.3 Å². The van der Waals surface area contributed by atoms with E-state index in [9.17, 15) is 34.2 Å². The molecule has 2 aliphatic heterocycles. The van der Waals surface area contributed by atoms with Crippen molar-refractivity contribution in [3.63, 3.8) is 0 Å². The van der Waals surface area contributed by atoms with Gasteiger partial charge in [0.15, 0.2) is 5.92 Å². The third kappa shape index (κ3) is 3.56. The summed E-state index contributed by atoms with van der Waals surface area (Å²) in [7, 11) is 1.10. The van der Waals surface area contributed by atoms with Crippen LogP contribution >= 0.6 is 11.8 Å². The van der Waals surface area contributed by atoms with Gasteiger partial charge in [-0.2, -0.15) is 0 Å². The molecule has 1 fully saturated rings. The van der Waals surface area contributed by atoms with E-state index in [1.54, 1.807) is 18.2 Å². The van der Waals surface area contributed by atoms with Crippen molar-refractivity contribution in [3.05, 3.63) is 47.2 Å². The number of aliphatic carboxylic acids is 2. The van der Waals surface area contributed by atoms with Crippen LogP contribution in [-0.4, -0.2) is 69.1 Å². The average Bonchev–Trinajstić information content (AvgIpc) is 2.70. The van der Waals surface area contributed by atoms with Crippen molar-refractivity contribution in [2.75, 3.05) is 12.9 Å². The third-order valence-corrected chi connectivity index (χ3v) is 5.82. The molecule has 1 aromatic carbocycles.